The van der Waals surface area contributed by atoms with Crippen LogP contribution in [0.25, 0.3) is 0 Å². The normalized spacial score (nSPS) is 11.5. The highest BCUT2D eigenvalue weighted by Gasteiger charge is 2.16. The van der Waals surface area contributed by atoms with Crippen molar-refractivity contribution in [3.05, 3.63) is 35.4 Å². The molecule has 0 heterocycles. The molecule has 6 heteroatoms. The summed E-state index contributed by atoms with van der Waals surface area (Å²) in [7, 11) is 0. The fourth-order valence-electron chi connectivity index (χ4n) is 1.31. The minimum atomic E-state index is -0.894. The van der Waals surface area contributed by atoms with Gasteiger partial charge in [0, 0.05) is 11.6 Å². The van der Waals surface area contributed by atoms with Gasteiger partial charge in [-0.2, -0.15) is 0 Å². The van der Waals surface area contributed by atoms with E-state index in [2.05, 4.69) is 4.74 Å². The number of hydrogen-bond acceptors (Lipinski definition) is 3. The Balaban J connectivity index is 0.00000256. The molecule has 0 aliphatic rings. The van der Waals surface area contributed by atoms with Crippen LogP contribution < -0.4 is 5.73 Å². The molecule has 3 nitrogen and oxygen atoms in total. The lowest BCUT2D eigenvalue weighted by Crippen LogP contribution is -2.18. The van der Waals surface area contributed by atoms with Gasteiger partial charge in [0.1, 0.15) is 11.6 Å². The summed E-state index contributed by atoms with van der Waals surface area (Å²) in [5, 5.41) is 0. The second-order valence-corrected chi connectivity index (χ2v) is 3.28. The van der Waals surface area contributed by atoms with E-state index in [0.29, 0.717) is 0 Å². The largest absolute Gasteiger partial charge is 0.466 e. The zero-order chi connectivity index (χ0) is 12.1. The van der Waals surface area contributed by atoms with Crippen molar-refractivity contribution in [2.75, 3.05) is 6.61 Å². The monoisotopic (exact) mass is 265 g/mol. The van der Waals surface area contributed by atoms with Gasteiger partial charge < -0.3 is 10.5 Å². The molecule has 0 fully saturated rings. The van der Waals surface area contributed by atoms with Crippen molar-refractivity contribution in [3.63, 3.8) is 0 Å². The summed E-state index contributed by atoms with van der Waals surface area (Å²) >= 11 is 0. The summed E-state index contributed by atoms with van der Waals surface area (Å²) < 4.78 is 30.8. The summed E-state index contributed by atoms with van der Waals surface area (Å²) in [5.74, 6) is -1.74. The molecule has 0 bridgehead atoms. The average molecular weight is 266 g/mol. The molecular formula is C11H14ClF2NO2. The number of carbonyl (C=O) groups is 1. The Bertz CT molecular complexity index is 388. The number of ether oxygens (including phenoxy) is 1. The Kier molecular flexibility index (Phi) is 6.68. The van der Waals surface area contributed by atoms with Crippen LogP contribution in [0.4, 0.5) is 8.78 Å². The fourth-order valence-corrected chi connectivity index (χ4v) is 1.31. The van der Waals surface area contributed by atoms with Gasteiger partial charge in [-0.15, -0.1) is 12.4 Å². The van der Waals surface area contributed by atoms with Crippen molar-refractivity contribution in [2.24, 2.45) is 5.73 Å². The maximum atomic E-state index is 13.3. The molecular weight excluding hydrogens is 252 g/mol. The zero-order valence-electron chi connectivity index (χ0n) is 9.28. The zero-order valence-corrected chi connectivity index (χ0v) is 10.1. The predicted molar refractivity (Wildman–Crippen MR) is 61.8 cm³/mol. The van der Waals surface area contributed by atoms with Crippen LogP contribution in [-0.2, 0) is 9.53 Å². The van der Waals surface area contributed by atoms with Gasteiger partial charge in [-0.05, 0) is 25.1 Å². The van der Waals surface area contributed by atoms with Gasteiger partial charge in [0.25, 0.3) is 0 Å². The highest BCUT2D eigenvalue weighted by atomic mass is 35.5. The van der Waals surface area contributed by atoms with E-state index in [9.17, 15) is 13.6 Å². The Morgan fingerprint density at radius 2 is 2.12 bits per heavy atom. The summed E-state index contributed by atoms with van der Waals surface area (Å²) in [4.78, 5) is 11.1. The van der Waals surface area contributed by atoms with E-state index in [1.807, 2.05) is 0 Å². The van der Waals surface area contributed by atoms with Gasteiger partial charge in [-0.25, -0.2) is 8.78 Å². The lowest BCUT2D eigenvalue weighted by Gasteiger charge is -2.12. The Morgan fingerprint density at radius 1 is 1.47 bits per heavy atom. The standard InChI is InChI=1S/C11H13F2NO2.ClH/c1-2-16-11(15)6-10(14)8-5-7(12)3-4-9(8)13;/h3-5,10H,2,6,14H2,1H3;1H/t10-;/m0./s1. The van der Waals surface area contributed by atoms with Gasteiger partial charge >= 0.3 is 5.97 Å². The quantitative estimate of drug-likeness (QED) is 0.850. The highest BCUT2D eigenvalue weighted by molar-refractivity contribution is 5.85. The molecule has 0 saturated heterocycles. The number of rotatable bonds is 4. The molecule has 0 radical (unpaired) electrons. The number of halogens is 3. The van der Waals surface area contributed by atoms with Gasteiger partial charge in [-0.3, -0.25) is 4.79 Å². The summed E-state index contributed by atoms with van der Waals surface area (Å²) in [6, 6.07) is 2.07. The molecule has 1 rings (SSSR count). The second kappa shape index (κ2) is 7.19. The first kappa shape index (κ1) is 15.8. The molecule has 0 spiro atoms. The molecule has 17 heavy (non-hydrogen) atoms. The number of benzene rings is 1. The molecule has 96 valence electrons. The summed E-state index contributed by atoms with van der Waals surface area (Å²) in [6.07, 6.45) is -0.172. The first-order chi connectivity index (χ1) is 7.54. The lowest BCUT2D eigenvalue weighted by atomic mass is 10.0. The van der Waals surface area contributed by atoms with E-state index < -0.39 is 23.6 Å². The van der Waals surface area contributed by atoms with Crippen molar-refractivity contribution in [2.45, 2.75) is 19.4 Å². The molecule has 0 amide bonds. The third-order valence-electron chi connectivity index (χ3n) is 2.05. The molecule has 0 aromatic heterocycles. The van der Waals surface area contributed by atoms with Crippen LogP contribution in [0, 0.1) is 11.6 Å². The van der Waals surface area contributed by atoms with Crippen LogP contribution in [0.3, 0.4) is 0 Å². The van der Waals surface area contributed by atoms with Crippen molar-refractivity contribution in [1.29, 1.82) is 0 Å². The summed E-state index contributed by atoms with van der Waals surface area (Å²) in [5.41, 5.74) is 5.57. The van der Waals surface area contributed by atoms with Gasteiger partial charge in [0.2, 0.25) is 0 Å². The number of hydrogen-bond donors (Lipinski definition) is 1. The number of carbonyl (C=O) groups excluding carboxylic acids is 1. The number of esters is 1. The predicted octanol–water partition coefficient (Wildman–Crippen LogP) is 2.34. The Labute approximate surface area is 104 Å². The van der Waals surface area contributed by atoms with Crippen LogP contribution in [0.2, 0.25) is 0 Å². The second-order valence-electron chi connectivity index (χ2n) is 3.28. The summed E-state index contributed by atoms with van der Waals surface area (Å²) in [6.45, 7) is 1.89. The van der Waals surface area contributed by atoms with Gasteiger partial charge in [0.05, 0.1) is 13.0 Å². The van der Waals surface area contributed by atoms with Crippen LogP contribution >= 0.6 is 12.4 Å². The molecule has 0 saturated carbocycles. The third kappa shape index (κ3) is 4.66. The van der Waals surface area contributed by atoms with Crippen LogP contribution in [-0.4, -0.2) is 12.6 Å². The molecule has 0 aliphatic carbocycles. The van der Waals surface area contributed by atoms with E-state index in [1.54, 1.807) is 6.92 Å². The maximum Gasteiger partial charge on any atom is 0.307 e. The van der Waals surface area contributed by atoms with Gasteiger partial charge in [-0.1, -0.05) is 0 Å². The molecule has 1 atom stereocenters. The fraction of sp³-hybridized carbons (Fsp3) is 0.364. The Morgan fingerprint density at radius 3 is 2.71 bits per heavy atom. The van der Waals surface area contributed by atoms with E-state index in [1.165, 1.54) is 0 Å². The van der Waals surface area contributed by atoms with Crippen molar-refractivity contribution in [1.82, 2.24) is 0 Å². The molecule has 1 aromatic rings. The molecule has 1 aromatic carbocycles. The lowest BCUT2D eigenvalue weighted by molar-refractivity contribution is -0.143. The Hall–Kier alpha value is -1.20. The molecule has 2 N–H and O–H groups in total. The van der Waals surface area contributed by atoms with Crippen molar-refractivity contribution >= 4 is 18.4 Å². The van der Waals surface area contributed by atoms with Crippen LogP contribution in [0.1, 0.15) is 24.9 Å². The first-order valence-corrected chi connectivity index (χ1v) is 4.90. The van der Waals surface area contributed by atoms with E-state index >= 15 is 0 Å². The SMILES string of the molecule is CCOC(=O)C[C@H](N)c1cc(F)ccc1F.Cl. The van der Waals surface area contributed by atoms with Crippen LogP contribution in [0.15, 0.2) is 18.2 Å². The minimum absolute atomic E-state index is 0. The van der Waals surface area contributed by atoms with Crippen molar-refractivity contribution in [3.8, 4) is 0 Å². The van der Waals surface area contributed by atoms with E-state index in [4.69, 9.17) is 5.73 Å². The van der Waals surface area contributed by atoms with Crippen molar-refractivity contribution < 1.29 is 18.3 Å². The highest BCUT2D eigenvalue weighted by Crippen LogP contribution is 2.19. The van der Waals surface area contributed by atoms with Gasteiger partial charge in [0.15, 0.2) is 0 Å². The first-order valence-electron chi connectivity index (χ1n) is 4.90. The average Bonchev–Trinajstić information content (AvgIpc) is 2.21. The van der Waals surface area contributed by atoms with E-state index in [-0.39, 0.29) is 31.0 Å². The molecule has 0 unspecified atom stereocenters. The topological polar surface area (TPSA) is 52.3 Å². The van der Waals surface area contributed by atoms with E-state index in [0.717, 1.165) is 18.2 Å². The van der Waals surface area contributed by atoms with Crippen LogP contribution in [0.5, 0.6) is 0 Å². The number of nitrogens with two attached hydrogens (primary N) is 1. The molecule has 0 aliphatic heterocycles. The smallest absolute Gasteiger partial charge is 0.307 e. The minimum Gasteiger partial charge on any atom is -0.466 e. The third-order valence-corrected chi connectivity index (χ3v) is 2.05. The maximum absolute atomic E-state index is 13.3.